The topological polar surface area (TPSA) is 24.7 Å². The molecule has 58 valence electrons. The Kier molecular flexibility index (Phi) is 3.05. The van der Waals surface area contributed by atoms with E-state index in [2.05, 4.69) is 9.98 Å². The molecule has 0 radical (unpaired) electrons. The van der Waals surface area contributed by atoms with Crippen LogP contribution in [0.3, 0.4) is 0 Å². The second kappa shape index (κ2) is 3.34. The van der Waals surface area contributed by atoms with Crippen LogP contribution in [0.25, 0.3) is 0 Å². The summed E-state index contributed by atoms with van der Waals surface area (Å²) >= 11 is 0. The van der Waals surface area contributed by atoms with Crippen LogP contribution in [0.1, 0.15) is 0 Å². The van der Waals surface area contributed by atoms with Gasteiger partial charge in [0.2, 0.25) is 0 Å². The molecule has 0 aromatic rings. The Morgan fingerprint density at radius 2 is 1.80 bits per heavy atom. The van der Waals surface area contributed by atoms with Gasteiger partial charge < -0.3 is 0 Å². The lowest BCUT2D eigenvalue weighted by molar-refractivity contribution is -0.0564. The molecule has 0 bridgehead atoms. The van der Waals surface area contributed by atoms with Crippen LogP contribution in [0.15, 0.2) is 9.98 Å². The first kappa shape index (κ1) is 9.13. The fourth-order valence-electron chi connectivity index (χ4n) is 0.380. The van der Waals surface area contributed by atoms with Crippen molar-refractivity contribution < 1.29 is 13.2 Å². The summed E-state index contributed by atoms with van der Waals surface area (Å²) in [6.45, 7) is 0. The molecule has 0 amide bonds. The van der Waals surface area contributed by atoms with E-state index in [9.17, 15) is 13.2 Å². The van der Waals surface area contributed by atoms with E-state index in [1.807, 2.05) is 0 Å². The molecule has 0 unspecified atom stereocenters. The molecule has 0 atom stereocenters. The van der Waals surface area contributed by atoms with Gasteiger partial charge in [-0.25, -0.2) is 0 Å². The molecule has 0 heterocycles. The van der Waals surface area contributed by atoms with Gasteiger partial charge in [0, 0.05) is 14.1 Å². The van der Waals surface area contributed by atoms with Crippen molar-refractivity contribution >= 4 is 11.9 Å². The molecule has 0 fully saturated rings. The summed E-state index contributed by atoms with van der Waals surface area (Å²) in [5.74, 6) is 0. The van der Waals surface area contributed by atoms with Gasteiger partial charge in [-0.05, 0) is 0 Å². The summed E-state index contributed by atoms with van der Waals surface area (Å²) in [5.41, 5.74) is -0.963. The van der Waals surface area contributed by atoms with E-state index >= 15 is 0 Å². The van der Waals surface area contributed by atoms with E-state index in [1.165, 1.54) is 7.05 Å². The number of nitrogens with zero attached hydrogens (tertiary/aromatic N) is 2. The van der Waals surface area contributed by atoms with Crippen molar-refractivity contribution in [3.05, 3.63) is 0 Å². The number of hydrogen-bond donors (Lipinski definition) is 0. The number of hydrogen-bond acceptors (Lipinski definition) is 2. The standard InChI is InChI=1S/C5H7F3N2/c1-9-3-4(10-2)5(6,7)8/h3H,1-2H3. The van der Waals surface area contributed by atoms with Crippen molar-refractivity contribution in [1.29, 1.82) is 0 Å². The average molecular weight is 152 g/mol. The molecular weight excluding hydrogens is 145 g/mol. The first-order valence-corrected chi connectivity index (χ1v) is 2.48. The second-order valence-electron chi connectivity index (χ2n) is 1.49. The van der Waals surface area contributed by atoms with E-state index in [4.69, 9.17) is 0 Å². The zero-order chi connectivity index (χ0) is 8.20. The molecule has 0 spiro atoms. The maximum Gasteiger partial charge on any atom is 0.434 e. The summed E-state index contributed by atoms with van der Waals surface area (Å²) in [7, 11) is 2.33. The van der Waals surface area contributed by atoms with Gasteiger partial charge >= 0.3 is 6.18 Å². The van der Waals surface area contributed by atoms with Crippen LogP contribution in [-0.4, -0.2) is 32.2 Å². The summed E-state index contributed by atoms with van der Waals surface area (Å²) in [5, 5.41) is 0. The van der Waals surface area contributed by atoms with Crippen LogP contribution in [0, 0.1) is 0 Å². The number of alkyl halides is 3. The van der Waals surface area contributed by atoms with Crippen molar-refractivity contribution in [2.75, 3.05) is 14.1 Å². The minimum absolute atomic E-state index is 0.681. The SMILES string of the molecule is CN=CC(=NC)C(F)(F)F. The lowest BCUT2D eigenvalue weighted by atomic mass is 10.4. The number of halogens is 3. The highest BCUT2D eigenvalue weighted by Crippen LogP contribution is 2.15. The lowest BCUT2D eigenvalue weighted by Gasteiger charge is -2.02. The maximum absolute atomic E-state index is 11.7. The molecule has 0 rings (SSSR count). The highest BCUT2D eigenvalue weighted by molar-refractivity contribution is 6.33. The van der Waals surface area contributed by atoms with Crippen molar-refractivity contribution in [3.8, 4) is 0 Å². The van der Waals surface area contributed by atoms with Gasteiger partial charge in [0.25, 0.3) is 0 Å². The minimum atomic E-state index is -4.38. The highest BCUT2D eigenvalue weighted by Gasteiger charge is 2.33. The third-order valence-corrected chi connectivity index (χ3v) is 0.783. The first-order valence-electron chi connectivity index (χ1n) is 2.48. The third-order valence-electron chi connectivity index (χ3n) is 0.783. The van der Waals surface area contributed by atoms with Gasteiger partial charge in [-0.3, -0.25) is 9.98 Å². The number of aliphatic imine (C=N–C) groups is 2. The lowest BCUT2D eigenvalue weighted by Crippen LogP contribution is -2.23. The van der Waals surface area contributed by atoms with Gasteiger partial charge in [-0.2, -0.15) is 13.2 Å². The smallest absolute Gasteiger partial charge is 0.294 e. The Hall–Kier alpha value is -0.870. The summed E-state index contributed by atoms with van der Waals surface area (Å²) in [6.07, 6.45) is -3.70. The van der Waals surface area contributed by atoms with E-state index in [0.717, 1.165) is 7.05 Å². The molecule has 2 nitrogen and oxygen atoms in total. The summed E-state index contributed by atoms with van der Waals surface area (Å²) < 4.78 is 35.1. The average Bonchev–Trinajstić information content (AvgIpc) is 1.80. The van der Waals surface area contributed by atoms with E-state index < -0.39 is 11.9 Å². The zero-order valence-corrected chi connectivity index (χ0v) is 5.61. The van der Waals surface area contributed by atoms with Crippen LogP contribution in [0.4, 0.5) is 13.2 Å². The largest absolute Gasteiger partial charge is 0.434 e. The van der Waals surface area contributed by atoms with Crippen molar-refractivity contribution in [1.82, 2.24) is 0 Å². The predicted molar refractivity (Wildman–Crippen MR) is 33.8 cm³/mol. The van der Waals surface area contributed by atoms with Crippen molar-refractivity contribution in [3.63, 3.8) is 0 Å². The second-order valence-corrected chi connectivity index (χ2v) is 1.49. The Balaban J connectivity index is 4.39. The molecule has 10 heavy (non-hydrogen) atoms. The molecule has 5 heteroatoms. The molecule has 0 aromatic heterocycles. The molecular formula is C5H7F3N2. The van der Waals surface area contributed by atoms with E-state index in [0.29, 0.717) is 6.21 Å². The molecule has 0 saturated carbocycles. The van der Waals surface area contributed by atoms with Crippen LogP contribution < -0.4 is 0 Å². The van der Waals surface area contributed by atoms with Crippen LogP contribution in [0.5, 0.6) is 0 Å². The third kappa shape index (κ3) is 2.61. The Morgan fingerprint density at radius 3 is 1.90 bits per heavy atom. The van der Waals surface area contributed by atoms with Gasteiger partial charge in [0.05, 0.1) is 6.21 Å². The summed E-state index contributed by atoms with van der Waals surface area (Å²) in [4.78, 5) is 6.19. The molecule has 0 N–H and O–H groups in total. The molecule has 0 aromatic carbocycles. The molecule has 0 saturated heterocycles. The quantitative estimate of drug-likeness (QED) is 0.506. The van der Waals surface area contributed by atoms with E-state index in [1.54, 1.807) is 0 Å². The van der Waals surface area contributed by atoms with Gasteiger partial charge in [-0.1, -0.05) is 0 Å². The normalized spacial score (nSPS) is 14.7. The van der Waals surface area contributed by atoms with Crippen LogP contribution >= 0.6 is 0 Å². The van der Waals surface area contributed by atoms with E-state index in [-0.39, 0.29) is 0 Å². The molecule has 0 aliphatic rings. The highest BCUT2D eigenvalue weighted by atomic mass is 19.4. The fourth-order valence-corrected chi connectivity index (χ4v) is 0.380. The van der Waals surface area contributed by atoms with Crippen molar-refractivity contribution in [2.45, 2.75) is 6.18 Å². The Labute approximate surface area is 56.5 Å². The number of rotatable bonds is 1. The maximum atomic E-state index is 11.7. The monoisotopic (exact) mass is 152 g/mol. The minimum Gasteiger partial charge on any atom is -0.294 e. The summed E-state index contributed by atoms with van der Waals surface area (Å²) in [6, 6.07) is 0. The Morgan fingerprint density at radius 1 is 1.30 bits per heavy atom. The van der Waals surface area contributed by atoms with Gasteiger partial charge in [0.15, 0.2) is 5.71 Å². The fraction of sp³-hybridized carbons (Fsp3) is 0.600. The van der Waals surface area contributed by atoms with Crippen LogP contribution in [-0.2, 0) is 0 Å². The van der Waals surface area contributed by atoms with Gasteiger partial charge in [0.1, 0.15) is 0 Å². The Bertz CT molecular complexity index is 157. The zero-order valence-electron chi connectivity index (χ0n) is 5.61. The molecule has 0 aliphatic carbocycles. The van der Waals surface area contributed by atoms with Gasteiger partial charge in [-0.15, -0.1) is 0 Å². The molecule has 0 aliphatic heterocycles. The first-order chi connectivity index (χ1) is 4.52. The van der Waals surface area contributed by atoms with Crippen LogP contribution in [0.2, 0.25) is 0 Å². The predicted octanol–water partition coefficient (Wildman–Crippen LogP) is 1.32. The van der Waals surface area contributed by atoms with Crippen molar-refractivity contribution in [2.24, 2.45) is 9.98 Å².